The molecule has 0 aliphatic heterocycles. The van der Waals surface area contributed by atoms with Crippen molar-refractivity contribution in [1.29, 1.82) is 0 Å². The quantitative estimate of drug-likeness (QED) is 0.863. The maximum absolute atomic E-state index is 5.37. The van der Waals surface area contributed by atoms with E-state index in [4.69, 9.17) is 4.74 Å². The highest BCUT2D eigenvalue weighted by molar-refractivity contribution is 5.24. The standard InChI is InChI=1S/C16H20N2O/c1-16(13-19-2,14-8-4-3-5-9-14)18-12-15-10-6-7-11-17-15/h3-11,18H,12-13H2,1-2H3. The summed E-state index contributed by atoms with van der Waals surface area (Å²) in [5.74, 6) is 0. The van der Waals surface area contributed by atoms with Crippen molar-refractivity contribution in [2.75, 3.05) is 13.7 Å². The number of nitrogens with one attached hydrogen (secondary N) is 1. The Bertz CT molecular complexity index is 487. The Labute approximate surface area is 114 Å². The van der Waals surface area contributed by atoms with E-state index < -0.39 is 0 Å². The number of pyridine rings is 1. The third kappa shape index (κ3) is 3.63. The first-order valence-corrected chi connectivity index (χ1v) is 6.44. The van der Waals surface area contributed by atoms with Gasteiger partial charge in [-0.2, -0.15) is 0 Å². The van der Waals surface area contributed by atoms with Crippen LogP contribution in [-0.2, 0) is 16.8 Å². The van der Waals surface area contributed by atoms with Gasteiger partial charge >= 0.3 is 0 Å². The summed E-state index contributed by atoms with van der Waals surface area (Å²) < 4.78 is 5.37. The van der Waals surface area contributed by atoms with Gasteiger partial charge in [-0.25, -0.2) is 0 Å². The zero-order valence-electron chi connectivity index (χ0n) is 11.5. The van der Waals surface area contributed by atoms with E-state index >= 15 is 0 Å². The number of hydrogen-bond acceptors (Lipinski definition) is 3. The van der Waals surface area contributed by atoms with Gasteiger partial charge in [-0.05, 0) is 24.6 Å². The molecule has 19 heavy (non-hydrogen) atoms. The van der Waals surface area contributed by atoms with E-state index in [0.717, 1.165) is 12.2 Å². The normalized spacial score (nSPS) is 14.0. The first-order chi connectivity index (χ1) is 9.24. The summed E-state index contributed by atoms with van der Waals surface area (Å²) in [5, 5.41) is 3.54. The summed E-state index contributed by atoms with van der Waals surface area (Å²) in [4.78, 5) is 4.33. The molecule has 100 valence electrons. The van der Waals surface area contributed by atoms with Crippen molar-refractivity contribution in [1.82, 2.24) is 10.3 Å². The fourth-order valence-corrected chi connectivity index (χ4v) is 2.12. The van der Waals surface area contributed by atoms with Gasteiger partial charge < -0.3 is 10.1 Å². The molecule has 0 bridgehead atoms. The molecular weight excluding hydrogens is 236 g/mol. The minimum absolute atomic E-state index is 0.215. The molecule has 1 aromatic heterocycles. The van der Waals surface area contributed by atoms with Gasteiger partial charge in [-0.15, -0.1) is 0 Å². The lowest BCUT2D eigenvalue weighted by molar-refractivity contribution is 0.117. The van der Waals surface area contributed by atoms with E-state index in [1.807, 2.05) is 42.6 Å². The number of ether oxygens (including phenoxy) is 1. The second kappa shape index (κ2) is 6.45. The summed E-state index contributed by atoms with van der Waals surface area (Å²) in [6, 6.07) is 16.3. The van der Waals surface area contributed by atoms with E-state index in [-0.39, 0.29) is 5.54 Å². The average molecular weight is 256 g/mol. The minimum Gasteiger partial charge on any atom is -0.382 e. The Kier molecular flexibility index (Phi) is 4.66. The molecule has 2 rings (SSSR count). The van der Waals surface area contributed by atoms with E-state index in [0.29, 0.717) is 6.61 Å². The molecule has 3 nitrogen and oxygen atoms in total. The molecule has 0 aliphatic rings. The molecule has 0 saturated carbocycles. The van der Waals surface area contributed by atoms with Crippen molar-refractivity contribution < 1.29 is 4.74 Å². The summed E-state index contributed by atoms with van der Waals surface area (Å²) in [6.45, 7) is 3.48. The molecule has 1 aromatic carbocycles. The highest BCUT2D eigenvalue weighted by Gasteiger charge is 2.25. The molecule has 1 unspecified atom stereocenters. The molecule has 3 heteroatoms. The molecule has 1 atom stereocenters. The van der Waals surface area contributed by atoms with E-state index in [9.17, 15) is 0 Å². The number of hydrogen-bond donors (Lipinski definition) is 1. The molecule has 0 spiro atoms. The van der Waals surface area contributed by atoms with Crippen LogP contribution < -0.4 is 5.32 Å². The van der Waals surface area contributed by atoms with Crippen LogP contribution in [0.5, 0.6) is 0 Å². The van der Waals surface area contributed by atoms with Gasteiger partial charge in [-0.1, -0.05) is 36.4 Å². The third-order valence-corrected chi connectivity index (χ3v) is 3.23. The lowest BCUT2D eigenvalue weighted by Gasteiger charge is -2.30. The van der Waals surface area contributed by atoms with Crippen LogP contribution in [-0.4, -0.2) is 18.7 Å². The van der Waals surface area contributed by atoms with Crippen LogP contribution in [0.1, 0.15) is 18.2 Å². The third-order valence-electron chi connectivity index (χ3n) is 3.23. The Morgan fingerprint density at radius 3 is 2.47 bits per heavy atom. The highest BCUT2D eigenvalue weighted by atomic mass is 16.5. The number of methoxy groups -OCH3 is 1. The lowest BCUT2D eigenvalue weighted by atomic mass is 9.92. The monoisotopic (exact) mass is 256 g/mol. The van der Waals surface area contributed by atoms with E-state index in [1.165, 1.54) is 5.56 Å². The largest absolute Gasteiger partial charge is 0.382 e. The topological polar surface area (TPSA) is 34.1 Å². The average Bonchev–Trinajstić information content (AvgIpc) is 2.48. The first kappa shape index (κ1) is 13.7. The van der Waals surface area contributed by atoms with E-state index in [2.05, 4.69) is 29.4 Å². The van der Waals surface area contributed by atoms with Crippen LogP contribution in [0.4, 0.5) is 0 Å². The summed E-state index contributed by atoms with van der Waals surface area (Å²) >= 11 is 0. The van der Waals surface area contributed by atoms with Gasteiger partial charge in [0.05, 0.1) is 17.8 Å². The van der Waals surface area contributed by atoms with Crippen molar-refractivity contribution in [3.05, 3.63) is 66.0 Å². The molecular formula is C16H20N2O. The summed E-state index contributed by atoms with van der Waals surface area (Å²) in [6.07, 6.45) is 1.81. The van der Waals surface area contributed by atoms with Crippen molar-refractivity contribution in [3.8, 4) is 0 Å². The van der Waals surface area contributed by atoms with Gasteiger partial charge in [0.15, 0.2) is 0 Å². The Hall–Kier alpha value is -1.71. The molecule has 2 aromatic rings. The zero-order valence-corrected chi connectivity index (χ0v) is 11.5. The summed E-state index contributed by atoms with van der Waals surface area (Å²) in [7, 11) is 1.73. The predicted molar refractivity (Wildman–Crippen MR) is 76.7 cm³/mol. The molecule has 1 heterocycles. The first-order valence-electron chi connectivity index (χ1n) is 6.44. The number of aromatic nitrogens is 1. The van der Waals surface area contributed by atoms with Crippen molar-refractivity contribution in [3.63, 3.8) is 0 Å². The Morgan fingerprint density at radius 2 is 1.84 bits per heavy atom. The number of benzene rings is 1. The van der Waals surface area contributed by atoms with Crippen LogP contribution in [0.15, 0.2) is 54.7 Å². The zero-order chi connectivity index (χ0) is 13.6. The van der Waals surface area contributed by atoms with Gasteiger partial charge in [0.25, 0.3) is 0 Å². The maximum Gasteiger partial charge on any atom is 0.0683 e. The van der Waals surface area contributed by atoms with Crippen LogP contribution in [0.2, 0.25) is 0 Å². The van der Waals surface area contributed by atoms with Crippen LogP contribution in [0.3, 0.4) is 0 Å². The van der Waals surface area contributed by atoms with Crippen molar-refractivity contribution in [2.24, 2.45) is 0 Å². The Morgan fingerprint density at radius 1 is 1.11 bits per heavy atom. The van der Waals surface area contributed by atoms with Crippen LogP contribution in [0, 0.1) is 0 Å². The lowest BCUT2D eigenvalue weighted by Crippen LogP contribution is -2.43. The Balaban J connectivity index is 2.12. The van der Waals surface area contributed by atoms with Crippen molar-refractivity contribution in [2.45, 2.75) is 19.0 Å². The smallest absolute Gasteiger partial charge is 0.0683 e. The SMILES string of the molecule is COCC(C)(NCc1ccccn1)c1ccccc1. The van der Waals surface area contributed by atoms with Crippen LogP contribution in [0.25, 0.3) is 0 Å². The number of rotatable bonds is 6. The molecule has 0 aliphatic carbocycles. The van der Waals surface area contributed by atoms with Gasteiger partial charge in [0, 0.05) is 19.9 Å². The fraction of sp³-hybridized carbons (Fsp3) is 0.312. The minimum atomic E-state index is -0.215. The number of nitrogens with zero attached hydrogens (tertiary/aromatic N) is 1. The van der Waals surface area contributed by atoms with Gasteiger partial charge in [-0.3, -0.25) is 4.98 Å². The molecule has 0 radical (unpaired) electrons. The van der Waals surface area contributed by atoms with Gasteiger partial charge in [0.2, 0.25) is 0 Å². The highest BCUT2D eigenvalue weighted by Crippen LogP contribution is 2.21. The second-order valence-electron chi connectivity index (χ2n) is 4.81. The molecule has 0 saturated heterocycles. The van der Waals surface area contributed by atoms with E-state index in [1.54, 1.807) is 7.11 Å². The van der Waals surface area contributed by atoms with Crippen LogP contribution >= 0.6 is 0 Å². The summed E-state index contributed by atoms with van der Waals surface area (Å²) in [5.41, 5.74) is 2.03. The fourth-order valence-electron chi connectivity index (χ4n) is 2.12. The maximum atomic E-state index is 5.37. The molecule has 1 N–H and O–H groups in total. The molecule has 0 fully saturated rings. The predicted octanol–water partition coefficient (Wildman–Crippen LogP) is 2.73. The van der Waals surface area contributed by atoms with Crippen molar-refractivity contribution >= 4 is 0 Å². The molecule has 0 amide bonds. The van der Waals surface area contributed by atoms with Gasteiger partial charge in [0.1, 0.15) is 0 Å². The second-order valence-corrected chi connectivity index (χ2v) is 4.81.